The van der Waals surface area contributed by atoms with Gasteiger partial charge in [-0.3, -0.25) is 0 Å². The van der Waals surface area contributed by atoms with Crippen molar-refractivity contribution < 1.29 is 13.5 Å². The van der Waals surface area contributed by atoms with Gasteiger partial charge in [-0.15, -0.1) is 0 Å². The molecule has 1 aromatic heterocycles. The summed E-state index contributed by atoms with van der Waals surface area (Å²) in [6, 6.07) is 3.16. The van der Waals surface area contributed by atoms with Crippen LogP contribution in [0.3, 0.4) is 0 Å². The highest BCUT2D eigenvalue weighted by Crippen LogP contribution is 2.26. The number of nitrogens with zero attached hydrogens (tertiary/aromatic N) is 2. The predicted molar refractivity (Wildman–Crippen MR) is 72.4 cm³/mol. The lowest BCUT2D eigenvalue weighted by molar-refractivity contribution is 0.165. The summed E-state index contributed by atoms with van der Waals surface area (Å²) in [4.78, 5) is 4.22. The van der Waals surface area contributed by atoms with Crippen LogP contribution < -0.4 is 5.32 Å². The Morgan fingerprint density at radius 3 is 3.05 bits per heavy atom. The van der Waals surface area contributed by atoms with Crippen LogP contribution in [-0.2, 0) is 10.0 Å². The zero-order valence-corrected chi connectivity index (χ0v) is 11.7. The largest absolute Gasteiger partial charge is 0.396 e. The maximum Gasteiger partial charge on any atom is 0.246 e. The molecule has 19 heavy (non-hydrogen) atoms. The lowest BCUT2D eigenvalue weighted by Crippen LogP contribution is -2.41. The van der Waals surface area contributed by atoms with Gasteiger partial charge < -0.3 is 10.4 Å². The summed E-state index contributed by atoms with van der Waals surface area (Å²) in [6.45, 7) is 0.895. The van der Waals surface area contributed by atoms with Crippen LogP contribution in [0.1, 0.15) is 12.8 Å². The van der Waals surface area contributed by atoms with Crippen molar-refractivity contribution in [1.29, 1.82) is 0 Å². The monoisotopic (exact) mass is 285 g/mol. The average molecular weight is 285 g/mol. The van der Waals surface area contributed by atoms with Gasteiger partial charge in [0.1, 0.15) is 10.7 Å². The third kappa shape index (κ3) is 2.88. The van der Waals surface area contributed by atoms with E-state index in [1.807, 2.05) is 0 Å². The molecule has 2 N–H and O–H groups in total. The van der Waals surface area contributed by atoms with Gasteiger partial charge in [0.25, 0.3) is 0 Å². The van der Waals surface area contributed by atoms with Crippen LogP contribution >= 0.6 is 0 Å². The molecule has 0 aliphatic carbocycles. The van der Waals surface area contributed by atoms with E-state index in [1.165, 1.54) is 4.31 Å². The Balaban J connectivity index is 2.31. The zero-order chi connectivity index (χ0) is 13.9. The molecule has 1 fully saturated rings. The molecule has 106 valence electrons. The normalized spacial score (nSPS) is 21.3. The summed E-state index contributed by atoms with van der Waals surface area (Å²) in [5.41, 5.74) is 0. The van der Waals surface area contributed by atoms with Crippen LogP contribution in [0.5, 0.6) is 0 Å². The second kappa shape index (κ2) is 5.85. The van der Waals surface area contributed by atoms with Crippen molar-refractivity contribution in [2.75, 3.05) is 32.1 Å². The molecule has 2 rings (SSSR count). The van der Waals surface area contributed by atoms with E-state index in [2.05, 4.69) is 10.3 Å². The SMILES string of the molecule is CNc1ncccc1S(=O)(=O)N1CCCC(CO)C1. The molecule has 1 atom stereocenters. The van der Waals surface area contributed by atoms with Crippen molar-refractivity contribution in [3.8, 4) is 0 Å². The maximum atomic E-state index is 12.6. The Morgan fingerprint density at radius 2 is 2.37 bits per heavy atom. The molecule has 0 amide bonds. The van der Waals surface area contributed by atoms with Gasteiger partial charge in [-0.05, 0) is 30.9 Å². The first-order chi connectivity index (χ1) is 9.09. The van der Waals surface area contributed by atoms with Crippen LogP contribution in [0.2, 0.25) is 0 Å². The fraction of sp³-hybridized carbons (Fsp3) is 0.583. The summed E-state index contributed by atoms with van der Waals surface area (Å²) in [5, 5.41) is 12.0. The molecule has 0 aromatic carbocycles. The maximum absolute atomic E-state index is 12.6. The van der Waals surface area contributed by atoms with Crippen molar-refractivity contribution in [3.05, 3.63) is 18.3 Å². The Bertz CT molecular complexity index is 533. The molecule has 0 spiro atoms. The number of rotatable bonds is 4. The Morgan fingerprint density at radius 1 is 1.58 bits per heavy atom. The molecule has 1 aromatic rings. The van der Waals surface area contributed by atoms with Gasteiger partial charge in [0.15, 0.2) is 0 Å². The average Bonchev–Trinajstić information content (AvgIpc) is 2.47. The molecule has 0 radical (unpaired) electrons. The quantitative estimate of drug-likeness (QED) is 0.842. The zero-order valence-electron chi connectivity index (χ0n) is 10.9. The van der Waals surface area contributed by atoms with Gasteiger partial charge in [-0.2, -0.15) is 4.31 Å². The van der Waals surface area contributed by atoms with Crippen molar-refractivity contribution >= 4 is 15.8 Å². The van der Waals surface area contributed by atoms with Crippen LogP contribution in [-0.4, -0.2) is 49.6 Å². The fourth-order valence-electron chi connectivity index (χ4n) is 2.32. The van der Waals surface area contributed by atoms with Crippen molar-refractivity contribution in [2.45, 2.75) is 17.7 Å². The van der Waals surface area contributed by atoms with Crippen LogP contribution in [0, 0.1) is 5.92 Å². The van der Waals surface area contributed by atoms with Crippen LogP contribution in [0.25, 0.3) is 0 Å². The minimum atomic E-state index is -3.55. The van der Waals surface area contributed by atoms with Gasteiger partial charge >= 0.3 is 0 Å². The first-order valence-electron chi connectivity index (χ1n) is 6.33. The summed E-state index contributed by atoms with van der Waals surface area (Å²) >= 11 is 0. The second-order valence-corrected chi connectivity index (χ2v) is 6.56. The Labute approximate surface area is 113 Å². The molecular weight excluding hydrogens is 266 g/mol. The third-order valence-electron chi connectivity index (χ3n) is 3.37. The van der Waals surface area contributed by atoms with Crippen molar-refractivity contribution in [1.82, 2.24) is 9.29 Å². The number of piperidine rings is 1. The smallest absolute Gasteiger partial charge is 0.246 e. The molecule has 1 aliphatic rings. The number of pyridine rings is 1. The number of aromatic nitrogens is 1. The van der Waals surface area contributed by atoms with Gasteiger partial charge in [-0.25, -0.2) is 13.4 Å². The summed E-state index contributed by atoms with van der Waals surface area (Å²) < 4.78 is 26.6. The number of aliphatic hydroxyl groups excluding tert-OH is 1. The topological polar surface area (TPSA) is 82.5 Å². The number of aliphatic hydroxyl groups is 1. The third-order valence-corrected chi connectivity index (χ3v) is 5.26. The highest BCUT2D eigenvalue weighted by Gasteiger charge is 2.31. The number of hydrogen-bond acceptors (Lipinski definition) is 5. The van der Waals surface area contributed by atoms with E-state index in [4.69, 9.17) is 0 Å². The number of hydrogen-bond donors (Lipinski definition) is 2. The molecule has 1 unspecified atom stereocenters. The standard InChI is InChI=1S/C12H19N3O3S/c1-13-12-11(5-2-6-14-12)19(17,18)15-7-3-4-10(8-15)9-16/h2,5-6,10,16H,3-4,7-9H2,1H3,(H,13,14). The lowest BCUT2D eigenvalue weighted by atomic mass is 10.0. The minimum absolute atomic E-state index is 0.0257. The van der Waals surface area contributed by atoms with E-state index in [0.29, 0.717) is 18.9 Å². The molecule has 7 heteroatoms. The highest BCUT2D eigenvalue weighted by atomic mass is 32.2. The second-order valence-electron chi connectivity index (χ2n) is 4.65. The Hall–Kier alpha value is -1.18. The number of sulfonamides is 1. The van der Waals surface area contributed by atoms with E-state index in [9.17, 15) is 13.5 Å². The molecule has 1 saturated heterocycles. The van der Waals surface area contributed by atoms with Gasteiger partial charge in [0.2, 0.25) is 10.0 Å². The number of anilines is 1. The molecule has 1 aliphatic heterocycles. The fourth-order valence-corrected chi connectivity index (χ4v) is 4.02. The lowest BCUT2D eigenvalue weighted by Gasteiger charge is -2.31. The predicted octanol–water partition coefficient (Wildman–Crippen LogP) is 0.516. The first kappa shape index (κ1) is 14.2. The van der Waals surface area contributed by atoms with Crippen LogP contribution in [0.4, 0.5) is 5.82 Å². The highest BCUT2D eigenvalue weighted by molar-refractivity contribution is 7.89. The van der Waals surface area contributed by atoms with Gasteiger partial charge in [-0.1, -0.05) is 0 Å². The van der Waals surface area contributed by atoms with Gasteiger partial charge in [0, 0.05) is 32.9 Å². The van der Waals surface area contributed by atoms with Crippen molar-refractivity contribution in [3.63, 3.8) is 0 Å². The molecule has 0 saturated carbocycles. The van der Waals surface area contributed by atoms with Crippen LogP contribution in [0.15, 0.2) is 23.2 Å². The molecular formula is C12H19N3O3S. The molecule has 0 bridgehead atoms. The van der Waals surface area contributed by atoms with Gasteiger partial charge in [0.05, 0.1) is 0 Å². The summed E-state index contributed by atoms with van der Waals surface area (Å²) in [7, 11) is -1.90. The molecule has 2 heterocycles. The first-order valence-corrected chi connectivity index (χ1v) is 7.77. The summed E-state index contributed by atoms with van der Waals surface area (Å²) in [5.74, 6) is 0.381. The number of nitrogens with one attached hydrogen (secondary N) is 1. The van der Waals surface area contributed by atoms with E-state index < -0.39 is 10.0 Å². The minimum Gasteiger partial charge on any atom is -0.396 e. The molecule has 6 nitrogen and oxygen atoms in total. The summed E-state index contributed by atoms with van der Waals surface area (Å²) in [6.07, 6.45) is 3.20. The van der Waals surface area contributed by atoms with E-state index in [1.54, 1.807) is 25.4 Å². The van der Waals surface area contributed by atoms with E-state index in [0.717, 1.165) is 12.8 Å². The van der Waals surface area contributed by atoms with Crippen molar-refractivity contribution in [2.24, 2.45) is 5.92 Å². The Kier molecular flexibility index (Phi) is 4.38. The van der Waals surface area contributed by atoms with E-state index >= 15 is 0 Å². The van der Waals surface area contributed by atoms with E-state index in [-0.39, 0.29) is 17.4 Å².